The minimum absolute atomic E-state index is 0.0570. The van der Waals surface area contributed by atoms with Crippen LogP contribution in [0.3, 0.4) is 0 Å². The summed E-state index contributed by atoms with van der Waals surface area (Å²) in [5.41, 5.74) is 1.95. The molecule has 1 atom stereocenters. The number of amides is 1. The number of carbonyl (C=O) groups excluding carboxylic acids is 1. The highest BCUT2D eigenvalue weighted by Gasteiger charge is 2.13. The highest BCUT2D eigenvalue weighted by atomic mass is 35.5. The SMILES string of the molecule is C[C@@H](CNC(=O)CSc1nnnn1-c1cccc(Cl)c1)c1ccccc1. The van der Waals surface area contributed by atoms with Crippen LogP contribution in [-0.4, -0.2) is 38.4 Å². The molecule has 1 N–H and O–H groups in total. The van der Waals surface area contributed by atoms with Gasteiger partial charge >= 0.3 is 0 Å². The molecule has 0 aliphatic rings. The van der Waals surface area contributed by atoms with Crippen molar-refractivity contribution in [3.8, 4) is 5.69 Å². The van der Waals surface area contributed by atoms with Crippen LogP contribution in [0.4, 0.5) is 0 Å². The van der Waals surface area contributed by atoms with Crippen molar-refractivity contribution in [2.75, 3.05) is 12.3 Å². The van der Waals surface area contributed by atoms with E-state index in [1.165, 1.54) is 17.3 Å². The molecule has 8 heteroatoms. The number of carbonyl (C=O) groups is 1. The van der Waals surface area contributed by atoms with Crippen LogP contribution in [0.25, 0.3) is 5.69 Å². The third kappa shape index (κ3) is 4.83. The van der Waals surface area contributed by atoms with Crippen LogP contribution < -0.4 is 5.32 Å². The Hall–Kier alpha value is -2.38. The van der Waals surface area contributed by atoms with Gasteiger partial charge in [-0.15, -0.1) is 5.10 Å². The number of hydrogen-bond donors (Lipinski definition) is 1. The Morgan fingerprint density at radius 1 is 1.23 bits per heavy atom. The van der Waals surface area contributed by atoms with Crippen molar-refractivity contribution in [3.05, 3.63) is 65.2 Å². The number of hydrogen-bond acceptors (Lipinski definition) is 5. The zero-order valence-electron chi connectivity index (χ0n) is 14.2. The summed E-state index contributed by atoms with van der Waals surface area (Å²) in [6.45, 7) is 2.67. The molecule has 3 rings (SSSR count). The number of aromatic nitrogens is 4. The quantitative estimate of drug-likeness (QED) is 0.629. The van der Waals surface area contributed by atoms with Gasteiger partial charge in [0.05, 0.1) is 11.4 Å². The summed E-state index contributed by atoms with van der Waals surface area (Å²) in [4.78, 5) is 12.1. The number of tetrazole rings is 1. The lowest BCUT2D eigenvalue weighted by Crippen LogP contribution is -2.29. The van der Waals surface area contributed by atoms with Crippen molar-refractivity contribution in [3.63, 3.8) is 0 Å². The average Bonchev–Trinajstić information content (AvgIpc) is 3.14. The topological polar surface area (TPSA) is 72.7 Å². The van der Waals surface area contributed by atoms with Crippen LogP contribution >= 0.6 is 23.4 Å². The molecule has 26 heavy (non-hydrogen) atoms. The maximum atomic E-state index is 12.1. The van der Waals surface area contributed by atoms with E-state index in [-0.39, 0.29) is 17.6 Å². The van der Waals surface area contributed by atoms with Gasteiger partial charge in [-0.1, -0.05) is 66.7 Å². The molecule has 3 aromatic rings. The maximum Gasteiger partial charge on any atom is 0.230 e. The first kappa shape index (κ1) is 18.4. The molecule has 1 amide bonds. The standard InChI is InChI=1S/C18H18ClN5OS/c1-13(14-6-3-2-4-7-14)11-20-17(25)12-26-18-21-22-23-24(18)16-9-5-8-15(19)10-16/h2-10,13H,11-12H2,1H3,(H,20,25)/t13-/m0/s1. The number of nitrogens with one attached hydrogen (secondary N) is 1. The smallest absolute Gasteiger partial charge is 0.230 e. The molecule has 0 bridgehead atoms. The summed E-state index contributed by atoms with van der Waals surface area (Å²) in [6.07, 6.45) is 0. The number of nitrogens with zero attached hydrogens (tertiary/aromatic N) is 4. The Morgan fingerprint density at radius 2 is 2.04 bits per heavy atom. The third-order valence-corrected chi connectivity index (χ3v) is 4.95. The summed E-state index contributed by atoms with van der Waals surface area (Å²) in [7, 11) is 0. The van der Waals surface area contributed by atoms with Gasteiger partial charge in [-0.3, -0.25) is 4.79 Å². The van der Waals surface area contributed by atoms with Crippen molar-refractivity contribution in [1.82, 2.24) is 25.5 Å². The van der Waals surface area contributed by atoms with Gasteiger partial charge in [-0.2, -0.15) is 4.68 Å². The molecule has 0 saturated carbocycles. The van der Waals surface area contributed by atoms with Crippen LogP contribution in [0.5, 0.6) is 0 Å². The minimum atomic E-state index is -0.0570. The maximum absolute atomic E-state index is 12.1. The van der Waals surface area contributed by atoms with Crippen molar-refractivity contribution >= 4 is 29.3 Å². The number of halogens is 1. The summed E-state index contributed by atoms with van der Waals surface area (Å²) in [5, 5.41) is 15.7. The number of thioether (sulfide) groups is 1. The molecular weight excluding hydrogens is 370 g/mol. The van der Waals surface area contributed by atoms with E-state index in [1.54, 1.807) is 16.8 Å². The third-order valence-electron chi connectivity index (χ3n) is 3.80. The van der Waals surface area contributed by atoms with Gasteiger partial charge in [0.15, 0.2) is 0 Å². The molecule has 2 aromatic carbocycles. The van der Waals surface area contributed by atoms with E-state index < -0.39 is 0 Å². The Morgan fingerprint density at radius 3 is 2.81 bits per heavy atom. The molecule has 0 unspecified atom stereocenters. The van der Waals surface area contributed by atoms with E-state index in [2.05, 4.69) is 39.9 Å². The second-order valence-corrected chi connectivity index (χ2v) is 7.14. The Bertz CT molecular complexity index is 871. The first-order valence-electron chi connectivity index (χ1n) is 8.12. The van der Waals surface area contributed by atoms with E-state index in [0.717, 1.165) is 5.69 Å². The van der Waals surface area contributed by atoms with Crippen LogP contribution in [0, 0.1) is 0 Å². The summed E-state index contributed by atoms with van der Waals surface area (Å²) < 4.78 is 1.57. The first-order valence-corrected chi connectivity index (χ1v) is 9.48. The fourth-order valence-corrected chi connectivity index (χ4v) is 3.29. The van der Waals surface area contributed by atoms with Gasteiger partial charge in [-0.25, -0.2) is 0 Å². The second-order valence-electron chi connectivity index (χ2n) is 5.76. The van der Waals surface area contributed by atoms with Crippen LogP contribution in [0.2, 0.25) is 5.02 Å². The largest absolute Gasteiger partial charge is 0.355 e. The fraction of sp³-hybridized carbons (Fsp3) is 0.222. The minimum Gasteiger partial charge on any atom is -0.355 e. The average molecular weight is 388 g/mol. The van der Waals surface area contributed by atoms with Gasteiger partial charge in [-0.05, 0) is 40.1 Å². The van der Waals surface area contributed by atoms with Gasteiger partial charge in [0, 0.05) is 11.6 Å². The Balaban J connectivity index is 1.53. The molecule has 0 aliphatic carbocycles. The van der Waals surface area contributed by atoms with Crippen molar-refractivity contribution in [1.29, 1.82) is 0 Å². The van der Waals surface area contributed by atoms with Crippen LogP contribution in [0.1, 0.15) is 18.4 Å². The zero-order valence-corrected chi connectivity index (χ0v) is 15.7. The lowest BCUT2D eigenvalue weighted by atomic mass is 10.0. The summed E-state index contributed by atoms with van der Waals surface area (Å²) in [5.74, 6) is 0.433. The number of rotatable bonds is 7. The van der Waals surface area contributed by atoms with Crippen LogP contribution in [-0.2, 0) is 4.79 Å². The van der Waals surface area contributed by atoms with Gasteiger partial charge in [0.2, 0.25) is 11.1 Å². The van der Waals surface area contributed by atoms with Gasteiger partial charge < -0.3 is 5.32 Å². The molecule has 0 fully saturated rings. The molecule has 0 spiro atoms. The molecule has 0 saturated heterocycles. The van der Waals surface area contributed by atoms with E-state index in [9.17, 15) is 4.79 Å². The predicted molar refractivity (Wildman–Crippen MR) is 103 cm³/mol. The van der Waals surface area contributed by atoms with Crippen molar-refractivity contribution in [2.45, 2.75) is 18.0 Å². The van der Waals surface area contributed by atoms with E-state index in [1.807, 2.05) is 30.3 Å². The van der Waals surface area contributed by atoms with E-state index in [0.29, 0.717) is 16.7 Å². The molecule has 134 valence electrons. The molecule has 1 heterocycles. The highest BCUT2D eigenvalue weighted by Crippen LogP contribution is 2.20. The predicted octanol–water partition coefficient (Wildman–Crippen LogP) is 3.33. The molecule has 0 radical (unpaired) electrons. The Kier molecular flexibility index (Phi) is 6.25. The number of benzene rings is 2. The summed E-state index contributed by atoms with van der Waals surface area (Å²) >= 11 is 7.29. The molecule has 6 nitrogen and oxygen atoms in total. The molecular formula is C18H18ClN5OS. The fourth-order valence-electron chi connectivity index (χ4n) is 2.39. The van der Waals surface area contributed by atoms with Crippen molar-refractivity contribution in [2.24, 2.45) is 0 Å². The molecule has 1 aromatic heterocycles. The Labute approximate surface area is 160 Å². The molecule has 0 aliphatic heterocycles. The van der Waals surface area contributed by atoms with Gasteiger partial charge in [0.25, 0.3) is 0 Å². The summed E-state index contributed by atoms with van der Waals surface area (Å²) in [6, 6.07) is 17.3. The monoisotopic (exact) mass is 387 g/mol. The van der Waals surface area contributed by atoms with Gasteiger partial charge in [0.1, 0.15) is 0 Å². The normalized spacial score (nSPS) is 11.9. The van der Waals surface area contributed by atoms with Crippen molar-refractivity contribution < 1.29 is 4.79 Å². The van der Waals surface area contributed by atoms with Crippen LogP contribution in [0.15, 0.2) is 59.8 Å². The lowest BCUT2D eigenvalue weighted by molar-refractivity contribution is -0.118. The zero-order chi connectivity index (χ0) is 18.4. The van der Waals surface area contributed by atoms with E-state index in [4.69, 9.17) is 11.6 Å². The second kappa shape index (κ2) is 8.82. The lowest BCUT2D eigenvalue weighted by Gasteiger charge is -2.12. The highest BCUT2D eigenvalue weighted by molar-refractivity contribution is 7.99. The first-order chi connectivity index (χ1) is 12.6. The van der Waals surface area contributed by atoms with E-state index >= 15 is 0 Å².